The Balaban J connectivity index is 1.58. The van der Waals surface area contributed by atoms with Crippen molar-refractivity contribution in [2.75, 3.05) is 11.4 Å². The van der Waals surface area contributed by atoms with E-state index in [1.54, 1.807) is 16.0 Å². The lowest BCUT2D eigenvalue weighted by Crippen LogP contribution is -2.47. The van der Waals surface area contributed by atoms with E-state index in [1.165, 1.54) is 0 Å². The molecule has 8 nitrogen and oxygen atoms in total. The van der Waals surface area contributed by atoms with E-state index in [9.17, 15) is 9.59 Å². The number of aromatic nitrogens is 2. The average molecular weight is 348 g/mol. The molecule has 136 valence electrons. The van der Waals surface area contributed by atoms with Gasteiger partial charge in [-0.05, 0) is 40.5 Å². The van der Waals surface area contributed by atoms with Crippen LogP contribution in [0.2, 0.25) is 0 Å². The maximum Gasteiger partial charge on any atom is 0.415 e. The summed E-state index contributed by atoms with van der Waals surface area (Å²) in [5.41, 5.74) is 0.737. The minimum Gasteiger partial charge on any atom is -0.444 e. The Morgan fingerprint density at radius 2 is 2.12 bits per heavy atom. The molecule has 1 spiro atoms. The van der Waals surface area contributed by atoms with Crippen molar-refractivity contribution in [2.24, 2.45) is 0 Å². The van der Waals surface area contributed by atoms with E-state index in [-0.39, 0.29) is 23.8 Å². The SMILES string of the molecule is C[C@H]1Cn2ncc(N3CC4(CC4)OC3=O)c2CN1C(=O)OC(C)(C)C. The molecule has 2 aliphatic heterocycles. The van der Waals surface area contributed by atoms with Crippen LogP contribution in [0.1, 0.15) is 46.2 Å². The maximum atomic E-state index is 12.5. The van der Waals surface area contributed by atoms with Crippen LogP contribution in [0, 0.1) is 0 Å². The van der Waals surface area contributed by atoms with Gasteiger partial charge in [0.2, 0.25) is 0 Å². The molecular formula is C17H24N4O4. The first-order valence-electron chi connectivity index (χ1n) is 8.72. The van der Waals surface area contributed by atoms with E-state index >= 15 is 0 Å². The van der Waals surface area contributed by atoms with E-state index in [1.807, 2.05) is 32.4 Å². The number of nitrogens with zero attached hydrogens (tertiary/aromatic N) is 4. The highest BCUT2D eigenvalue weighted by Gasteiger charge is 2.55. The molecule has 3 aliphatic rings. The molecule has 0 N–H and O–H groups in total. The second-order valence-corrected chi connectivity index (χ2v) is 8.25. The summed E-state index contributed by atoms with van der Waals surface area (Å²) in [4.78, 5) is 28.1. The summed E-state index contributed by atoms with van der Waals surface area (Å²) in [5, 5.41) is 4.41. The highest BCUT2D eigenvalue weighted by Crippen LogP contribution is 2.46. The molecule has 1 saturated heterocycles. The number of fused-ring (bicyclic) bond motifs is 1. The normalized spacial score (nSPS) is 24.3. The summed E-state index contributed by atoms with van der Waals surface area (Å²) in [6.45, 7) is 9.02. The van der Waals surface area contributed by atoms with Crippen LogP contribution in [0.5, 0.6) is 0 Å². The smallest absolute Gasteiger partial charge is 0.415 e. The molecule has 1 atom stereocenters. The zero-order chi connectivity index (χ0) is 18.0. The summed E-state index contributed by atoms with van der Waals surface area (Å²) in [7, 11) is 0. The van der Waals surface area contributed by atoms with Gasteiger partial charge in [0, 0.05) is 0 Å². The zero-order valence-corrected chi connectivity index (χ0v) is 15.1. The predicted octanol–water partition coefficient (Wildman–Crippen LogP) is 2.51. The van der Waals surface area contributed by atoms with Crippen LogP contribution >= 0.6 is 0 Å². The Hall–Kier alpha value is -2.25. The fourth-order valence-electron chi connectivity index (χ4n) is 3.39. The number of rotatable bonds is 1. The van der Waals surface area contributed by atoms with E-state index < -0.39 is 5.60 Å². The molecule has 2 amide bonds. The number of amides is 2. The molecule has 0 radical (unpaired) electrons. The second-order valence-electron chi connectivity index (χ2n) is 8.25. The lowest BCUT2D eigenvalue weighted by molar-refractivity contribution is 0.00913. The van der Waals surface area contributed by atoms with Gasteiger partial charge in [-0.15, -0.1) is 0 Å². The molecule has 3 heterocycles. The first-order valence-corrected chi connectivity index (χ1v) is 8.72. The number of carbonyl (C=O) groups is 2. The lowest BCUT2D eigenvalue weighted by atomic mass is 10.1. The number of anilines is 1. The average Bonchev–Trinajstić information content (AvgIpc) is 2.98. The van der Waals surface area contributed by atoms with Crippen LogP contribution in [0.25, 0.3) is 0 Å². The van der Waals surface area contributed by atoms with Gasteiger partial charge in [0.1, 0.15) is 11.2 Å². The largest absolute Gasteiger partial charge is 0.444 e. The maximum absolute atomic E-state index is 12.5. The molecule has 1 aromatic heterocycles. The third kappa shape index (κ3) is 2.83. The molecule has 25 heavy (non-hydrogen) atoms. The highest BCUT2D eigenvalue weighted by molar-refractivity contribution is 5.91. The fourth-order valence-corrected chi connectivity index (χ4v) is 3.39. The van der Waals surface area contributed by atoms with Crippen molar-refractivity contribution in [3.63, 3.8) is 0 Å². The van der Waals surface area contributed by atoms with E-state index in [0.29, 0.717) is 19.6 Å². The lowest BCUT2D eigenvalue weighted by Gasteiger charge is -2.35. The van der Waals surface area contributed by atoms with Gasteiger partial charge in [0.15, 0.2) is 0 Å². The zero-order valence-electron chi connectivity index (χ0n) is 15.1. The fraction of sp³-hybridized carbons (Fsp3) is 0.706. The molecule has 0 bridgehead atoms. The minimum atomic E-state index is -0.547. The molecule has 0 unspecified atom stereocenters. The summed E-state index contributed by atoms with van der Waals surface area (Å²) in [5.74, 6) is 0. The van der Waals surface area contributed by atoms with Crippen molar-refractivity contribution in [2.45, 2.75) is 70.9 Å². The molecule has 1 aliphatic carbocycles. The molecule has 0 aromatic carbocycles. The standard InChI is InChI=1S/C17H24N4O4/c1-11-8-21-13(9-19(11)14(22)24-16(2,3)4)12(7-18-21)20-10-17(5-6-17)25-15(20)23/h7,11H,5-6,8-10H2,1-4H3/t11-/m0/s1. The van der Waals surface area contributed by atoms with Gasteiger partial charge >= 0.3 is 12.2 Å². The molecule has 2 fully saturated rings. The van der Waals surface area contributed by atoms with Crippen molar-refractivity contribution in [1.82, 2.24) is 14.7 Å². The third-order valence-electron chi connectivity index (χ3n) is 4.91. The monoisotopic (exact) mass is 348 g/mol. The van der Waals surface area contributed by atoms with Crippen molar-refractivity contribution in [3.05, 3.63) is 11.9 Å². The topological polar surface area (TPSA) is 76.9 Å². The van der Waals surface area contributed by atoms with Gasteiger partial charge in [0.25, 0.3) is 0 Å². The Labute approximate surface area is 146 Å². The van der Waals surface area contributed by atoms with Crippen LogP contribution in [0.15, 0.2) is 6.20 Å². The molecule has 1 saturated carbocycles. The summed E-state index contributed by atoms with van der Waals surface area (Å²) >= 11 is 0. The van der Waals surface area contributed by atoms with Crippen molar-refractivity contribution in [1.29, 1.82) is 0 Å². The molecule has 1 aromatic rings. The van der Waals surface area contributed by atoms with Crippen molar-refractivity contribution >= 4 is 17.9 Å². The van der Waals surface area contributed by atoms with Gasteiger partial charge in [-0.3, -0.25) is 14.5 Å². The Morgan fingerprint density at radius 3 is 2.72 bits per heavy atom. The molecule has 8 heteroatoms. The Morgan fingerprint density at radius 1 is 1.40 bits per heavy atom. The Bertz CT molecular complexity index is 731. The van der Waals surface area contributed by atoms with Crippen LogP contribution in [0.3, 0.4) is 0 Å². The van der Waals surface area contributed by atoms with E-state index in [4.69, 9.17) is 9.47 Å². The summed E-state index contributed by atoms with van der Waals surface area (Å²) in [6, 6.07) is -0.0320. The summed E-state index contributed by atoms with van der Waals surface area (Å²) < 4.78 is 12.9. The minimum absolute atomic E-state index is 0.0320. The number of ether oxygens (including phenoxy) is 2. The van der Waals surface area contributed by atoms with E-state index in [0.717, 1.165) is 24.2 Å². The van der Waals surface area contributed by atoms with Gasteiger partial charge < -0.3 is 9.47 Å². The van der Waals surface area contributed by atoms with Gasteiger partial charge in [-0.2, -0.15) is 5.10 Å². The van der Waals surface area contributed by atoms with Crippen molar-refractivity contribution in [3.8, 4) is 0 Å². The second kappa shape index (κ2) is 5.12. The quantitative estimate of drug-likeness (QED) is 0.779. The summed E-state index contributed by atoms with van der Waals surface area (Å²) in [6.07, 6.45) is 2.86. The van der Waals surface area contributed by atoms with E-state index in [2.05, 4.69) is 5.10 Å². The number of carbonyl (C=O) groups excluding carboxylic acids is 2. The third-order valence-corrected chi connectivity index (χ3v) is 4.91. The van der Waals surface area contributed by atoms with Gasteiger partial charge in [-0.1, -0.05) is 0 Å². The Kier molecular flexibility index (Phi) is 3.33. The number of hydrogen-bond acceptors (Lipinski definition) is 5. The molecule has 4 rings (SSSR count). The number of hydrogen-bond donors (Lipinski definition) is 0. The van der Waals surface area contributed by atoms with Crippen LogP contribution in [0.4, 0.5) is 15.3 Å². The van der Waals surface area contributed by atoms with Gasteiger partial charge in [-0.25, -0.2) is 9.59 Å². The van der Waals surface area contributed by atoms with Crippen LogP contribution in [-0.2, 0) is 22.6 Å². The first kappa shape index (κ1) is 16.2. The predicted molar refractivity (Wildman–Crippen MR) is 89.3 cm³/mol. The van der Waals surface area contributed by atoms with Crippen LogP contribution < -0.4 is 4.90 Å². The van der Waals surface area contributed by atoms with Crippen molar-refractivity contribution < 1.29 is 19.1 Å². The first-order chi connectivity index (χ1) is 11.7. The van der Waals surface area contributed by atoms with Crippen LogP contribution in [-0.4, -0.2) is 50.7 Å². The molecular weight excluding hydrogens is 324 g/mol. The highest BCUT2D eigenvalue weighted by atomic mass is 16.6. The van der Waals surface area contributed by atoms with Gasteiger partial charge in [0.05, 0.1) is 43.3 Å².